The third-order valence-corrected chi connectivity index (χ3v) is 2.88. The van der Waals surface area contributed by atoms with Gasteiger partial charge in [-0.15, -0.1) is 11.3 Å². The molecule has 0 spiro atoms. The van der Waals surface area contributed by atoms with Gasteiger partial charge in [0, 0.05) is 11.4 Å². The van der Waals surface area contributed by atoms with Crippen LogP contribution in [-0.4, -0.2) is 25.2 Å². The maximum Gasteiger partial charge on any atom is 0.341 e. The lowest BCUT2D eigenvalue weighted by Crippen LogP contribution is -2.28. The van der Waals surface area contributed by atoms with Gasteiger partial charge in [-0.05, 0) is 26.8 Å². The van der Waals surface area contributed by atoms with Crippen LogP contribution in [0, 0.1) is 6.92 Å². The Labute approximate surface area is 104 Å². The molecule has 0 aliphatic rings. The molecule has 2 N–H and O–H groups in total. The smallest absolute Gasteiger partial charge is 0.341 e. The second-order valence-corrected chi connectivity index (χ2v) is 4.56. The number of thiophene rings is 1. The van der Waals surface area contributed by atoms with Crippen molar-refractivity contribution in [1.29, 1.82) is 0 Å². The van der Waals surface area contributed by atoms with Gasteiger partial charge in [0.15, 0.2) is 0 Å². The summed E-state index contributed by atoms with van der Waals surface area (Å²) in [5, 5.41) is 5.77. The lowest BCUT2D eigenvalue weighted by Gasteiger charge is -2.06. The largest absolute Gasteiger partial charge is 0.462 e. The van der Waals surface area contributed by atoms with E-state index in [9.17, 15) is 9.59 Å². The normalized spacial score (nSPS) is 9.82. The molecular weight excluding hydrogens is 240 g/mol. The summed E-state index contributed by atoms with van der Waals surface area (Å²) >= 11 is 1.35. The van der Waals surface area contributed by atoms with E-state index in [1.165, 1.54) is 11.3 Å². The van der Waals surface area contributed by atoms with Gasteiger partial charge in [-0.2, -0.15) is 0 Å². The van der Waals surface area contributed by atoms with E-state index in [1.54, 1.807) is 13.0 Å². The van der Waals surface area contributed by atoms with Crippen LogP contribution < -0.4 is 10.6 Å². The van der Waals surface area contributed by atoms with Crippen LogP contribution in [0.5, 0.6) is 0 Å². The van der Waals surface area contributed by atoms with Crippen molar-refractivity contribution in [2.24, 2.45) is 0 Å². The Hall–Kier alpha value is -1.56. The minimum atomic E-state index is -0.413. The molecule has 1 aromatic rings. The van der Waals surface area contributed by atoms with Gasteiger partial charge in [0.2, 0.25) is 0 Å². The average Bonchev–Trinajstić information content (AvgIpc) is 2.60. The van der Waals surface area contributed by atoms with Gasteiger partial charge in [0.1, 0.15) is 5.00 Å². The number of carbonyl (C=O) groups excluding carboxylic acids is 2. The van der Waals surface area contributed by atoms with E-state index in [0.29, 0.717) is 23.7 Å². The van der Waals surface area contributed by atoms with E-state index in [4.69, 9.17) is 4.74 Å². The van der Waals surface area contributed by atoms with Gasteiger partial charge in [-0.1, -0.05) is 0 Å². The van der Waals surface area contributed by atoms with Gasteiger partial charge < -0.3 is 10.1 Å². The van der Waals surface area contributed by atoms with Crippen LogP contribution in [0.4, 0.5) is 9.80 Å². The number of esters is 1. The van der Waals surface area contributed by atoms with Crippen molar-refractivity contribution >= 4 is 28.3 Å². The molecule has 1 aromatic heterocycles. The van der Waals surface area contributed by atoms with Crippen molar-refractivity contribution < 1.29 is 14.3 Å². The first-order valence-electron chi connectivity index (χ1n) is 5.40. The Bertz CT molecular complexity index is 415. The molecule has 6 heteroatoms. The van der Waals surface area contributed by atoms with Crippen LogP contribution in [0.15, 0.2) is 6.07 Å². The van der Waals surface area contributed by atoms with Gasteiger partial charge >= 0.3 is 12.0 Å². The fourth-order valence-electron chi connectivity index (χ4n) is 1.28. The zero-order chi connectivity index (χ0) is 12.8. The van der Waals surface area contributed by atoms with Gasteiger partial charge in [0.25, 0.3) is 0 Å². The molecule has 1 rings (SSSR count). The van der Waals surface area contributed by atoms with Crippen molar-refractivity contribution in [2.45, 2.75) is 20.8 Å². The molecule has 0 saturated carbocycles. The number of aryl methyl sites for hydroxylation is 1. The number of rotatable bonds is 4. The van der Waals surface area contributed by atoms with E-state index in [2.05, 4.69) is 10.6 Å². The minimum absolute atomic E-state index is 0.314. The molecular formula is C11H16N2O3S. The molecule has 0 aromatic carbocycles. The average molecular weight is 256 g/mol. The number of amides is 2. The first-order valence-corrected chi connectivity index (χ1v) is 6.22. The summed E-state index contributed by atoms with van der Waals surface area (Å²) in [7, 11) is 0. The van der Waals surface area contributed by atoms with Crippen molar-refractivity contribution in [3.8, 4) is 0 Å². The quantitative estimate of drug-likeness (QED) is 0.813. The number of nitrogens with one attached hydrogen (secondary N) is 2. The SMILES string of the molecule is CCNC(=O)Nc1sc(C)cc1C(=O)OCC. The molecule has 94 valence electrons. The molecule has 0 saturated heterocycles. The van der Waals surface area contributed by atoms with Crippen LogP contribution >= 0.6 is 11.3 Å². The zero-order valence-corrected chi connectivity index (χ0v) is 10.9. The van der Waals surface area contributed by atoms with E-state index in [-0.39, 0.29) is 6.03 Å². The number of carbonyl (C=O) groups is 2. The number of anilines is 1. The van der Waals surface area contributed by atoms with Crippen LogP contribution in [0.3, 0.4) is 0 Å². The monoisotopic (exact) mass is 256 g/mol. The minimum Gasteiger partial charge on any atom is -0.462 e. The van der Waals surface area contributed by atoms with Crippen LogP contribution in [0.2, 0.25) is 0 Å². The first kappa shape index (κ1) is 13.5. The number of ether oxygens (including phenoxy) is 1. The van der Waals surface area contributed by atoms with Gasteiger partial charge in [-0.3, -0.25) is 5.32 Å². The Morgan fingerprint density at radius 3 is 2.71 bits per heavy atom. The van der Waals surface area contributed by atoms with Crippen LogP contribution in [0.1, 0.15) is 29.1 Å². The van der Waals surface area contributed by atoms with E-state index in [0.717, 1.165) is 4.88 Å². The van der Waals surface area contributed by atoms with E-state index in [1.807, 2.05) is 13.8 Å². The maximum absolute atomic E-state index is 11.6. The lowest BCUT2D eigenvalue weighted by atomic mass is 10.3. The second kappa shape index (κ2) is 6.24. The summed E-state index contributed by atoms with van der Waals surface area (Å²) in [4.78, 5) is 24.0. The molecule has 0 atom stereocenters. The highest BCUT2D eigenvalue weighted by Crippen LogP contribution is 2.28. The first-order chi connectivity index (χ1) is 8.08. The third kappa shape index (κ3) is 3.74. The van der Waals surface area contributed by atoms with Crippen LogP contribution in [-0.2, 0) is 4.74 Å². The van der Waals surface area contributed by atoms with Gasteiger partial charge in [0.05, 0.1) is 12.2 Å². The molecule has 0 radical (unpaired) electrons. The topological polar surface area (TPSA) is 67.4 Å². The van der Waals surface area contributed by atoms with Gasteiger partial charge in [-0.25, -0.2) is 9.59 Å². The maximum atomic E-state index is 11.6. The predicted octanol–water partition coefficient (Wildman–Crippen LogP) is 2.37. The summed E-state index contributed by atoms with van der Waals surface area (Å²) < 4.78 is 4.92. The highest BCUT2D eigenvalue weighted by atomic mass is 32.1. The highest BCUT2D eigenvalue weighted by molar-refractivity contribution is 7.16. The highest BCUT2D eigenvalue weighted by Gasteiger charge is 2.17. The van der Waals surface area contributed by atoms with Crippen molar-refractivity contribution in [3.63, 3.8) is 0 Å². The van der Waals surface area contributed by atoms with Crippen molar-refractivity contribution in [3.05, 3.63) is 16.5 Å². The molecule has 1 heterocycles. The summed E-state index contributed by atoms with van der Waals surface area (Å²) in [6.07, 6.45) is 0. The summed E-state index contributed by atoms with van der Waals surface area (Å²) in [6.45, 7) is 6.29. The van der Waals surface area contributed by atoms with Crippen LogP contribution in [0.25, 0.3) is 0 Å². The summed E-state index contributed by atoms with van der Waals surface area (Å²) in [5.41, 5.74) is 0.403. The Morgan fingerprint density at radius 1 is 1.41 bits per heavy atom. The molecule has 0 fully saturated rings. The molecule has 0 unspecified atom stereocenters. The van der Waals surface area contributed by atoms with E-state index < -0.39 is 5.97 Å². The molecule has 0 aliphatic carbocycles. The summed E-state index contributed by atoms with van der Waals surface area (Å²) in [6, 6.07) is 1.39. The Morgan fingerprint density at radius 2 is 2.12 bits per heavy atom. The molecule has 17 heavy (non-hydrogen) atoms. The van der Waals surface area contributed by atoms with Crippen molar-refractivity contribution in [2.75, 3.05) is 18.5 Å². The second-order valence-electron chi connectivity index (χ2n) is 3.30. The predicted molar refractivity (Wildman–Crippen MR) is 67.7 cm³/mol. The fraction of sp³-hybridized carbons (Fsp3) is 0.455. The zero-order valence-electron chi connectivity index (χ0n) is 10.1. The Kier molecular flexibility index (Phi) is 4.96. The lowest BCUT2D eigenvalue weighted by molar-refractivity contribution is 0.0528. The van der Waals surface area contributed by atoms with E-state index >= 15 is 0 Å². The molecule has 0 aliphatic heterocycles. The number of hydrogen-bond acceptors (Lipinski definition) is 4. The molecule has 5 nitrogen and oxygen atoms in total. The third-order valence-electron chi connectivity index (χ3n) is 1.92. The number of hydrogen-bond donors (Lipinski definition) is 2. The standard InChI is InChI=1S/C11H16N2O3S/c1-4-12-11(15)13-9-8(6-7(3)17-9)10(14)16-5-2/h6H,4-5H2,1-3H3,(H2,12,13,15). The molecule has 2 amide bonds. The molecule has 0 bridgehead atoms. The fourth-order valence-corrected chi connectivity index (χ4v) is 2.17. The Balaban J connectivity index is 2.84. The summed E-state index contributed by atoms with van der Waals surface area (Å²) in [5.74, 6) is -0.413. The van der Waals surface area contributed by atoms with Crippen molar-refractivity contribution in [1.82, 2.24) is 5.32 Å². The number of urea groups is 1.